The number of anilines is 2. The number of aromatic nitrogens is 2. The summed E-state index contributed by atoms with van der Waals surface area (Å²) in [6.45, 7) is 3.59. The number of sulfonamides is 1. The molecule has 0 saturated heterocycles. The fourth-order valence-electron chi connectivity index (χ4n) is 2.79. The quantitative estimate of drug-likeness (QED) is 0.670. The van der Waals surface area contributed by atoms with Gasteiger partial charge < -0.3 is 9.47 Å². The van der Waals surface area contributed by atoms with Crippen LogP contribution >= 0.6 is 11.6 Å². The number of aryl methyl sites for hydroxylation is 1. The van der Waals surface area contributed by atoms with Crippen molar-refractivity contribution >= 4 is 39.1 Å². The average Bonchev–Trinajstić information content (AvgIpc) is 3.07. The van der Waals surface area contributed by atoms with Crippen molar-refractivity contribution in [2.45, 2.75) is 44.0 Å². The van der Waals surface area contributed by atoms with Gasteiger partial charge in [0.25, 0.3) is 10.0 Å². The fraction of sp³-hybridized carbons (Fsp3) is 0.444. The zero-order chi connectivity index (χ0) is 23.9. The van der Waals surface area contributed by atoms with Gasteiger partial charge in [0.1, 0.15) is 17.3 Å². The van der Waals surface area contributed by atoms with Gasteiger partial charge in [-0.1, -0.05) is 11.6 Å². The van der Waals surface area contributed by atoms with Crippen LogP contribution in [0.1, 0.15) is 20.8 Å². The number of benzene rings is 1. The normalized spacial score (nSPS) is 14.5. The molecule has 0 aliphatic carbocycles. The molecule has 1 aliphatic rings. The molecule has 2 aromatic rings. The number of amides is 1. The summed E-state index contributed by atoms with van der Waals surface area (Å²) >= 11 is 6.02. The zero-order valence-corrected chi connectivity index (χ0v) is 18.8. The number of alkyl halides is 3. The predicted molar refractivity (Wildman–Crippen MR) is 110 cm³/mol. The smallest absolute Gasteiger partial charge is 0.427 e. The van der Waals surface area contributed by atoms with Gasteiger partial charge in [-0.2, -0.15) is 18.3 Å². The monoisotopic (exact) mass is 496 g/mol. The summed E-state index contributed by atoms with van der Waals surface area (Å²) in [5.74, 6) is 0.202. The van der Waals surface area contributed by atoms with Crippen LogP contribution in [0.2, 0.25) is 5.15 Å². The molecule has 1 aromatic carbocycles. The summed E-state index contributed by atoms with van der Waals surface area (Å²) in [7, 11) is -4.14. The van der Waals surface area contributed by atoms with Gasteiger partial charge in [0.15, 0.2) is 5.15 Å². The van der Waals surface area contributed by atoms with E-state index < -0.39 is 27.9 Å². The number of halogens is 4. The maximum absolute atomic E-state index is 13.2. The second-order valence-electron chi connectivity index (χ2n) is 7.27. The van der Waals surface area contributed by atoms with E-state index in [1.54, 1.807) is 6.92 Å². The van der Waals surface area contributed by atoms with E-state index in [1.807, 2.05) is 0 Å². The van der Waals surface area contributed by atoms with Crippen LogP contribution in [-0.2, 0) is 21.3 Å². The molecule has 14 heteroatoms. The Bertz CT molecular complexity index is 1130. The molecule has 9 nitrogen and oxygen atoms in total. The molecule has 0 spiro atoms. The predicted octanol–water partition coefficient (Wildman–Crippen LogP) is 4.03. The minimum atomic E-state index is -4.78. The molecule has 32 heavy (non-hydrogen) atoms. The van der Waals surface area contributed by atoms with E-state index in [1.165, 1.54) is 29.1 Å². The third kappa shape index (κ3) is 4.58. The Morgan fingerprint density at radius 1 is 1.34 bits per heavy atom. The van der Waals surface area contributed by atoms with Crippen LogP contribution in [0.15, 0.2) is 29.3 Å². The summed E-state index contributed by atoms with van der Waals surface area (Å²) in [5, 5.41) is 5.91. The van der Waals surface area contributed by atoms with Crippen molar-refractivity contribution in [2.75, 3.05) is 22.8 Å². The SMILES string of the molecule is CCn1cc(S(=O)(=O)N2CCOc3ccc(NC(=O)OC(C)(C)C(F)(F)F)cc32)c(Cl)n1. The largest absolute Gasteiger partial charge is 0.489 e. The molecule has 0 radical (unpaired) electrons. The lowest BCUT2D eigenvalue weighted by Crippen LogP contribution is -2.44. The Balaban J connectivity index is 1.90. The van der Waals surface area contributed by atoms with Crippen molar-refractivity contribution in [2.24, 2.45) is 0 Å². The van der Waals surface area contributed by atoms with E-state index in [4.69, 9.17) is 16.3 Å². The summed E-state index contributed by atoms with van der Waals surface area (Å²) in [6, 6.07) is 3.99. The van der Waals surface area contributed by atoms with Crippen LogP contribution < -0.4 is 14.4 Å². The van der Waals surface area contributed by atoms with Crippen LogP contribution in [0, 0.1) is 0 Å². The van der Waals surface area contributed by atoms with E-state index in [2.05, 4.69) is 15.2 Å². The summed E-state index contributed by atoms with van der Waals surface area (Å²) in [6.07, 6.45) is -4.84. The van der Waals surface area contributed by atoms with E-state index >= 15 is 0 Å². The second kappa shape index (κ2) is 8.35. The van der Waals surface area contributed by atoms with Gasteiger partial charge in [-0.05, 0) is 39.0 Å². The first-order chi connectivity index (χ1) is 14.8. The van der Waals surface area contributed by atoms with E-state index in [0.29, 0.717) is 20.4 Å². The first-order valence-corrected chi connectivity index (χ1v) is 11.2. The molecule has 0 atom stereocenters. The average molecular weight is 497 g/mol. The number of hydrogen-bond acceptors (Lipinski definition) is 6. The highest BCUT2D eigenvalue weighted by atomic mass is 35.5. The molecule has 0 unspecified atom stereocenters. The maximum atomic E-state index is 13.2. The standard InChI is InChI=1S/C18H20ClF3N4O5S/c1-4-25-10-14(15(19)24-25)32(28,29)26-7-8-30-13-6-5-11(9-12(13)26)23-16(27)31-17(2,3)18(20,21)22/h5-6,9-10H,4,7-8H2,1-3H3,(H,23,27). The first kappa shape index (κ1) is 24.0. The number of nitrogens with zero attached hydrogens (tertiary/aromatic N) is 3. The van der Waals surface area contributed by atoms with Gasteiger partial charge in [-0.15, -0.1) is 0 Å². The molecular formula is C18H20ClF3N4O5S. The Morgan fingerprint density at radius 3 is 2.62 bits per heavy atom. The van der Waals surface area contributed by atoms with Gasteiger partial charge in [0, 0.05) is 18.4 Å². The van der Waals surface area contributed by atoms with Crippen LogP contribution in [-0.4, -0.2) is 49.2 Å². The van der Waals surface area contributed by atoms with Gasteiger partial charge in [-0.25, -0.2) is 13.2 Å². The number of ether oxygens (including phenoxy) is 2. The fourth-order valence-corrected chi connectivity index (χ4v) is 4.69. The minimum Gasteiger partial charge on any atom is -0.489 e. The zero-order valence-electron chi connectivity index (χ0n) is 17.2. The maximum Gasteiger partial charge on any atom is 0.427 e. The van der Waals surface area contributed by atoms with Crippen molar-refractivity contribution in [3.8, 4) is 5.75 Å². The van der Waals surface area contributed by atoms with Crippen molar-refractivity contribution < 1.29 is 35.9 Å². The van der Waals surface area contributed by atoms with Gasteiger partial charge >= 0.3 is 12.3 Å². The molecule has 1 aromatic heterocycles. The van der Waals surface area contributed by atoms with Crippen molar-refractivity contribution in [1.82, 2.24) is 9.78 Å². The topological polar surface area (TPSA) is 103 Å². The lowest BCUT2D eigenvalue weighted by molar-refractivity contribution is -0.242. The number of carbonyl (C=O) groups excluding carboxylic acids is 1. The molecule has 3 rings (SSSR count). The highest BCUT2D eigenvalue weighted by Crippen LogP contribution is 2.39. The number of rotatable bonds is 5. The Hall–Kier alpha value is -2.67. The van der Waals surface area contributed by atoms with Crippen molar-refractivity contribution in [1.29, 1.82) is 0 Å². The Kier molecular flexibility index (Phi) is 6.26. The first-order valence-electron chi connectivity index (χ1n) is 9.35. The van der Waals surface area contributed by atoms with Crippen LogP contribution in [0.5, 0.6) is 5.75 Å². The number of nitrogens with one attached hydrogen (secondary N) is 1. The number of hydrogen-bond donors (Lipinski definition) is 1. The van der Waals surface area contributed by atoms with E-state index in [9.17, 15) is 26.4 Å². The molecule has 1 N–H and O–H groups in total. The Morgan fingerprint density at radius 2 is 2.03 bits per heavy atom. The number of fused-ring (bicyclic) bond motifs is 1. The third-order valence-electron chi connectivity index (χ3n) is 4.63. The lowest BCUT2D eigenvalue weighted by atomic mass is 10.1. The molecule has 176 valence electrons. The van der Waals surface area contributed by atoms with E-state index in [0.717, 1.165) is 4.31 Å². The van der Waals surface area contributed by atoms with E-state index in [-0.39, 0.29) is 40.3 Å². The second-order valence-corrected chi connectivity index (χ2v) is 9.46. The number of carbonyl (C=O) groups is 1. The van der Waals surface area contributed by atoms with Crippen molar-refractivity contribution in [3.63, 3.8) is 0 Å². The molecule has 2 heterocycles. The van der Waals surface area contributed by atoms with Crippen molar-refractivity contribution in [3.05, 3.63) is 29.5 Å². The Labute approximate surface area is 187 Å². The summed E-state index contributed by atoms with van der Waals surface area (Å²) in [4.78, 5) is 11.8. The molecule has 0 saturated carbocycles. The van der Waals surface area contributed by atoms with Gasteiger partial charge in [0.2, 0.25) is 5.60 Å². The molecule has 0 bridgehead atoms. The highest BCUT2D eigenvalue weighted by molar-refractivity contribution is 7.93. The van der Waals surface area contributed by atoms with Gasteiger partial charge in [-0.3, -0.25) is 14.3 Å². The third-order valence-corrected chi connectivity index (χ3v) is 6.84. The van der Waals surface area contributed by atoms with Crippen LogP contribution in [0.25, 0.3) is 0 Å². The van der Waals surface area contributed by atoms with Crippen LogP contribution in [0.4, 0.5) is 29.3 Å². The highest BCUT2D eigenvalue weighted by Gasteiger charge is 2.51. The summed E-state index contributed by atoms with van der Waals surface area (Å²) in [5.41, 5.74) is -2.64. The summed E-state index contributed by atoms with van der Waals surface area (Å²) < 4.78 is 77.7. The molecule has 0 fully saturated rings. The lowest BCUT2D eigenvalue weighted by Gasteiger charge is -2.31. The molecule has 1 amide bonds. The van der Waals surface area contributed by atoms with Gasteiger partial charge in [0.05, 0.1) is 12.2 Å². The molecule has 1 aliphatic heterocycles. The molecular weight excluding hydrogens is 477 g/mol. The minimum absolute atomic E-state index is 0.00720. The van der Waals surface area contributed by atoms with Crippen LogP contribution in [0.3, 0.4) is 0 Å².